The summed E-state index contributed by atoms with van der Waals surface area (Å²) < 4.78 is 13.1. The molecule has 4 heteroatoms. The maximum atomic E-state index is 13.1. The van der Waals surface area contributed by atoms with Crippen molar-refractivity contribution >= 4 is 11.6 Å². The van der Waals surface area contributed by atoms with Gasteiger partial charge in [-0.25, -0.2) is 4.39 Å². The molecule has 0 radical (unpaired) electrons. The zero-order valence-electron chi connectivity index (χ0n) is 11.3. The Labute approximate surface area is 122 Å². The summed E-state index contributed by atoms with van der Waals surface area (Å²) >= 11 is 0. The molecule has 0 heterocycles. The van der Waals surface area contributed by atoms with E-state index in [1.807, 2.05) is 0 Å². The Hall–Kier alpha value is -2.64. The minimum atomic E-state index is -0.460. The summed E-state index contributed by atoms with van der Waals surface area (Å²) in [5.74, 6) is 4.83. The van der Waals surface area contributed by atoms with Gasteiger partial charge in [0.2, 0.25) is 0 Å². The monoisotopic (exact) mass is 283 g/mol. The first kappa shape index (κ1) is 14.8. The maximum absolute atomic E-state index is 13.1. The zero-order chi connectivity index (χ0) is 15.1. The Morgan fingerprint density at radius 1 is 1.19 bits per heavy atom. The van der Waals surface area contributed by atoms with Crippen LogP contribution in [0.1, 0.15) is 22.3 Å². The van der Waals surface area contributed by atoms with Gasteiger partial charge in [0.25, 0.3) is 5.91 Å². The topological polar surface area (TPSA) is 49.3 Å². The molecular weight excluding hydrogens is 269 g/mol. The van der Waals surface area contributed by atoms with Gasteiger partial charge >= 0.3 is 0 Å². The summed E-state index contributed by atoms with van der Waals surface area (Å²) in [5, 5.41) is 11.4. The molecule has 106 valence electrons. The molecular formula is C17H14FNO2. The quantitative estimate of drug-likeness (QED) is 0.851. The molecule has 2 aromatic carbocycles. The van der Waals surface area contributed by atoms with Crippen molar-refractivity contribution in [1.29, 1.82) is 0 Å². The molecule has 2 aromatic rings. The first-order valence-electron chi connectivity index (χ1n) is 6.46. The fraction of sp³-hybridized carbons (Fsp3) is 0.118. The van der Waals surface area contributed by atoms with Crippen molar-refractivity contribution in [2.24, 2.45) is 0 Å². The number of para-hydroxylation sites is 1. The highest BCUT2D eigenvalue weighted by Gasteiger charge is 2.08. The van der Waals surface area contributed by atoms with Crippen LogP contribution < -0.4 is 5.32 Å². The highest BCUT2D eigenvalue weighted by atomic mass is 19.1. The number of nitrogens with one attached hydrogen (secondary N) is 1. The van der Waals surface area contributed by atoms with E-state index in [1.54, 1.807) is 30.3 Å². The largest absolute Gasteiger partial charge is 0.395 e. The van der Waals surface area contributed by atoms with Crippen LogP contribution in [0.25, 0.3) is 0 Å². The second-order valence-electron chi connectivity index (χ2n) is 4.29. The van der Waals surface area contributed by atoms with Crippen LogP contribution in [0.15, 0.2) is 48.5 Å². The Bertz CT molecular complexity index is 701. The van der Waals surface area contributed by atoms with E-state index in [0.29, 0.717) is 17.7 Å². The van der Waals surface area contributed by atoms with E-state index in [0.717, 1.165) is 0 Å². The van der Waals surface area contributed by atoms with E-state index < -0.39 is 11.7 Å². The van der Waals surface area contributed by atoms with Crippen LogP contribution in [-0.2, 0) is 0 Å². The number of halogens is 1. The van der Waals surface area contributed by atoms with Crippen LogP contribution in [0.4, 0.5) is 10.1 Å². The smallest absolute Gasteiger partial charge is 0.255 e. The molecule has 1 amide bonds. The number of hydrogen-bond acceptors (Lipinski definition) is 2. The fourth-order valence-corrected chi connectivity index (χ4v) is 1.74. The molecule has 0 atom stereocenters. The minimum Gasteiger partial charge on any atom is -0.395 e. The summed E-state index contributed by atoms with van der Waals surface area (Å²) in [4.78, 5) is 12.1. The number of aliphatic hydroxyl groups is 1. The summed E-state index contributed by atoms with van der Waals surface area (Å²) in [5.41, 5.74) is 1.45. The molecule has 0 aromatic heterocycles. The van der Waals surface area contributed by atoms with Crippen molar-refractivity contribution in [2.75, 3.05) is 11.9 Å². The molecule has 0 aliphatic rings. The van der Waals surface area contributed by atoms with Crippen LogP contribution in [0.2, 0.25) is 0 Å². The second kappa shape index (κ2) is 7.22. The van der Waals surface area contributed by atoms with Gasteiger partial charge in [-0.1, -0.05) is 30.0 Å². The molecule has 0 aliphatic heterocycles. The van der Waals surface area contributed by atoms with Crippen molar-refractivity contribution in [3.05, 3.63) is 65.5 Å². The minimum absolute atomic E-state index is 0.00911. The lowest BCUT2D eigenvalue weighted by molar-refractivity contribution is 0.102. The fourth-order valence-electron chi connectivity index (χ4n) is 1.74. The van der Waals surface area contributed by atoms with Gasteiger partial charge in [-0.15, -0.1) is 0 Å². The molecule has 0 aliphatic carbocycles. The van der Waals surface area contributed by atoms with E-state index in [9.17, 15) is 9.18 Å². The Balaban J connectivity index is 2.20. The van der Waals surface area contributed by atoms with Crippen LogP contribution >= 0.6 is 0 Å². The number of benzene rings is 2. The summed E-state index contributed by atoms with van der Waals surface area (Å²) in [7, 11) is 0. The van der Waals surface area contributed by atoms with Crippen molar-refractivity contribution in [2.45, 2.75) is 6.42 Å². The molecule has 0 bridgehead atoms. The van der Waals surface area contributed by atoms with Crippen LogP contribution in [0, 0.1) is 17.7 Å². The molecule has 0 fully saturated rings. The molecule has 0 spiro atoms. The first-order chi connectivity index (χ1) is 10.2. The van der Waals surface area contributed by atoms with Crippen molar-refractivity contribution in [3.8, 4) is 11.8 Å². The number of aliphatic hydroxyl groups excluding tert-OH is 1. The number of anilines is 1. The number of rotatable bonds is 3. The van der Waals surface area contributed by atoms with Crippen molar-refractivity contribution < 1.29 is 14.3 Å². The van der Waals surface area contributed by atoms with E-state index in [2.05, 4.69) is 17.2 Å². The maximum Gasteiger partial charge on any atom is 0.255 e. The van der Waals surface area contributed by atoms with E-state index >= 15 is 0 Å². The van der Waals surface area contributed by atoms with Crippen molar-refractivity contribution in [3.63, 3.8) is 0 Å². The second-order valence-corrected chi connectivity index (χ2v) is 4.29. The number of carbonyl (C=O) groups excluding carboxylic acids is 1. The summed E-state index contributed by atoms with van der Waals surface area (Å²) in [6.07, 6.45) is 0.367. The Kier molecular flexibility index (Phi) is 5.08. The summed E-state index contributed by atoms with van der Waals surface area (Å²) in [6, 6.07) is 12.6. The van der Waals surface area contributed by atoms with E-state index in [4.69, 9.17) is 5.11 Å². The van der Waals surface area contributed by atoms with Gasteiger partial charge in [0.15, 0.2) is 0 Å². The van der Waals surface area contributed by atoms with Crippen LogP contribution in [0.3, 0.4) is 0 Å². The molecule has 0 saturated carbocycles. The molecule has 0 saturated heterocycles. The molecule has 21 heavy (non-hydrogen) atoms. The Morgan fingerprint density at radius 2 is 2.00 bits per heavy atom. The van der Waals surface area contributed by atoms with Gasteiger partial charge in [-0.3, -0.25) is 4.79 Å². The highest BCUT2D eigenvalue weighted by Crippen LogP contribution is 2.15. The lowest BCUT2D eigenvalue weighted by Crippen LogP contribution is -2.13. The van der Waals surface area contributed by atoms with Gasteiger partial charge in [0, 0.05) is 17.5 Å². The van der Waals surface area contributed by atoms with Crippen molar-refractivity contribution in [1.82, 2.24) is 0 Å². The highest BCUT2D eigenvalue weighted by molar-refractivity contribution is 6.04. The number of hydrogen-bond donors (Lipinski definition) is 2. The lowest BCUT2D eigenvalue weighted by Gasteiger charge is -2.07. The third-order valence-electron chi connectivity index (χ3n) is 2.72. The van der Waals surface area contributed by atoms with Gasteiger partial charge in [0.1, 0.15) is 5.82 Å². The third-order valence-corrected chi connectivity index (χ3v) is 2.72. The van der Waals surface area contributed by atoms with E-state index in [1.165, 1.54) is 18.2 Å². The summed E-state index contributed by atoms with van der Waals surface area (Å²) in [6.45, 7) is -0.00911. The Morgan fingerprint density at radius 3 is 2.76 bits per heavy atom. The number of amides is 1. The van der Waals surface area contributed by atoms with Gasteiger partial charge in [-0.05, 0) is 30.3 Å². The number of carbonyl (C=O) groups is 1. The van der Waals surface area contributed by atoms with E-state index in [-0.39, 0.29) is 12.2 Å². The SMILES string of the molecule is O=C(Nc1ccccc1C#CCCO)c1cccc(F)c1. The molecule has 2 N–H and O–H groups in total. The molecule has 0 unspecified atom stereocenters. The van der Waals surface area contributed by atoms with Crippen LogP contribution in [0.5, 0.6) is 0 Å². The first-order valence-corrected chi connectivity index (χ1v) is 6.46. The zero-order valence-corrected chi connectivity index (χ0v) is 11.3. The lowest BCUT2D eigenvalue weighted by atomic mass is 10.1. The van der Waals surface area contributed by atoms with Crippen LogP contribution in [-0.4, -0.2) is 17.6 Å². The standard InChI is InChI=1S/C17H14FNO2/c18-15-9-5-8-14(12-15)17(21)19-16-10-2-1-6-13(16)7-3-4-11-20/h1-2,5-6,8-10,12,20H,4,11H2,(H,19,21). The normalized spacial score (nSPS) is 9.62. The molecule has 2 rings (SSSR count). The van der Waals surface area contributed by atoms with Gasteiger partial charge < -0.3 is 10.4 Å². The predicted molar refractivity (Wildman–Crippen MR) is 79.4 cm³/mol. The average Bonchev–Trinajstić information content (AvgIpc) is 2.49. The van der Waals surface area contributed by atoms with Gasteiger partial charge in [0.05, 0.1) is 12.3 Å². The molecule has 3 nitrogen and oxygen atoms in total. The third kappa shape index (κ3) is 4.16. The van der Waals surface area contributed by atoms with Gasteiger partial charge in [-0.2, -0.15) is 0 Å². The predicted octanol–water partition coefficient (Wildman–Crippen LogP) is 2.81. The average molecular weight is 283 g/mol.